The molecule has 0 aliphatic heterocycles. The molecule has 2 rings (SSSR count). The van der Waals surface area contributed by atoms with Crippen molar-refractivity contribution in [3.05, 3.63) is 42.1 Å². The van der Waals surface area contributed by atoms with Gasteiger partial charge < -0.3 is 5.41 Å². The Balaban J connectivity index is 2.52. The van der Waals surface area contributed by atoms with Gasteiger partial charge in [0.15, 0.2) is 0 Å². The first-order valence-corrected chi connectivity index (χ1v) is 4.01. The zero-order valence-corrected chi connectivity index (χ0v) is 6.99. The fraction of sp³-hybridized carbons (Fsp3) is 0. The SMILES string of the molecule is N=Cc1cn[nH]c1-c1ccccc1. The van der Waals surface area contributed by atoms with Crippen LogP contribution in [0.4, 0.5) is 0 Å². The van der Waals surface area contributed by atoms with Gasteiger partial charge in [0.05, 0.1) is 11.9 Å². The molecule has 3 heteroatoms. The van der Waals surface area contributed by atoms with Crippen LogP contribution < -0.4 is 0 Å². The van der Waals surface area contributed by atoms with Crippen LogP contribution in [0.25, 0.3) is 11.3 Å². The van der Waals surface area contributed by atoms with Crippen LogP contribution in [-0.2, 0) is 0 Å². The van der Waals surface area contributed by atoms with Crippen molar-refractivity contribution in [2.75, 3.05) is 0 Å². The fourth-order valence-corrected chi connectivity index (χ4v) is 1.24. The van der Waals surface area contributed by atoms with E-state index in [1.165, 1.54) is 6.21 Å². The molecular weight excluding hydrogens is 162 g/mol. The lowest BCUT2D eigenvalue weighted by atomic mass is 10.1. The van der Waals surface area contributed by atoms with Crippen molar-refractivity contribution in [2.45, 2.75) is 0 Å². The van der Waals surface area contributed by atoms with Gasteiger partial charge >= 0.3 is 0 Å². The Morgan fingerprint density at radius 3 is 2.69 bits per heavy atom. The summed E-state index contributed by atoms with van der Waals surface area (Å²) in [5.74, 6) is 0. The predicted molar refractivity (Wildman–Crippen MR) is 51.9 cm³/mol. The highest BCUT2D eigenvalue weighted by atomic mass is 15.1. The first-order valence-electron chi connectivity index (χ1n) is 4.01. The van der Waals surface area contributed by atoms with Crippen molar-refractivity contribution in [2.24, 2.45) is 0 Å². The van der Waals surface area contributed by atoms with Crippen LogP contribution in [0, 0.1) is 5.41 Å². The minimum atomic E-state index is 0.811. The molecule has 0 saturated carbocycles. The van der Waals surface area contributed by atoms with E-state index in [0.717, 1.165) is 16.8 Å². The predicted octanol–water partition coefficient (Wildman–Crippen LogP) is 2.07. The molecule has 1 aromatic carbocycles. The highest BCUT2D eigenvalue weighted by molar-refractivity contribution is 5.86. The normalized spacial score (nSPS) is 9.85. The minimum absolute atomic E-state index is 0.811. The third kappa shape index (κ3) is 1.36. The van der Waals surface area contributed by atoms with Gasteiger partial charge in [-0.1, -0.05) is 30.3 Å². The maximum Gasteiger partial charge on any atom is 0.0737 e. The lowest BCUT2D eigenvalue weighted by Crippen LogP contribution is -1.82. The highest BCUT2D eigenvalue weighted by Crippen LogP contribution is 2.18. The second-order valence-corrected chi connectivity index (χ2v) is 2.71. The summed E-state index contributed by atoms with van der Waals surface area (Å²) in [6.07, 6.45) is 2.95. The zero-order valence-electron chi connectivity index (χ0n) is 6.99. The van der Waals surface area contributed by atoms with Gasteiger partial charge in [0.1, 0.15) is 0 Å². The van der Waals surface area contributed by atoms with Crippen molar-refractivity contribution < 1.29 is 0 Å². The van der Waals surface area contributed by atoms with E-state index in [1.54, 1.807) is 6.20 Å². The number of benzene rings is 1. The molecule has 0 radical (unpaired) electrons. The van der Waals surface area contributed by atoms with Crippen LogP contribution in [0.5, 0.6) is 0 Å². The van der Waals surface area contributed by atoms with E-state index < -0.39 is 0 Å². The number of aromatic nitrogens is 2. The molecule has 0 spiro atoms. The summed E-state index contributed by atoms with van der Waals surface area (Å²) in [7, 11) is 0. The van der Waals surface area contributed by atoms with Gasteiger partial charge in [-0.3, -0.25) is 5.10 Å². The Kier molecular flexibility index (Phi) is 1.92. The lowest BCUT2D eigenvalue weighted by Gasteiger charge is -1.97. The standard InChI is InChI=1S/C10H9N3/c11-6-9-7-12-13-10(9)8-4-2-1-3-5-8/h1-7,11H,(H,12,13). The fourth-order valence-electron chi connectivity index (χ4n) is 1.24. The Morgan fingerprint density at radius 1 is 1.23 bits per heavy atom. The molecule has 2 aromatic rings. The van der Waals surface area contributed by atoms with Gasteiger partial charge in [0.2, 0.25) is 0 Å². The second-order valence-electron chi connectivity index (χ2n) is 2.71. The zero-order chi connectivity index (χ0) is 9.10. The van der Waals surface area contributed by atoms with Gasteiger partial charge in [-0.25, -0.2) is 0 Å². The van der Waals surface area contributed by atoms with E-state index in [4.69, 9.17) is 5.41 Å². The summed E-state index contributed by atoms with van der Waals surface area (Å²) in [6.45, 7) is 0. The van der Waals surface area contributed by atoms with Crippen LogP contribution in [0.15, 0.2) is 36.5 Å². The van der Waals surface area contributed by atoms with E-state index in [0.29, 0.717) is 0 Å². The molecule has 0 atom stereocenters. The van der Waals surface area contributed by atoms with E-state index in [2.05, 4.69) is 10.2 Å². The third-order valence-corrected chi connectivity index (χ3v) is 1.89. The monoisotopic (exact) mass is 171 g/mol. The van der Waals surface area contributed by atoms with Crippen LogP contribution in [0.1, 0.15) is 5.56 Å². The van der Waals surface area contributed by atoms with Gasteiger partial charge in [-0.15, -0.1) is 0 Å². The van der Waals surface area contributed by atoms with Gasteiger partial charge in [-0.05, 0) is 0 Å². The van der Waals surface area contributed by atoms with Crippen LogP contribution in [0.2, 0.25) is 0 Å². The average Bonchev–Trinajstić information content (AvgIpc) is 2.67. The maximum atomic E-state index is 7.17. The van der Waals surface area contributed by atoms with Crippen molar-refractivity contribution in [3.63, 3.8) is 0 Å². The number of hydrogen-bond donors (Lipinski definition) is 2. The number of rotatable bonds is 2. The second kappa shape index (κ2) is 3.23. The summed E-state index contributed by atoms with van der Waals surface area (Å²) in [5.41, 5.74) is 2.76. The molecule has 0 fully saturated rings. The maximum absolute atomic E-state index is 7.17. The van der Waals surface area contributed by atoms with Crippen molar-refractivity contribution in [1.82, 2.24) is 10.2 Å². The average molecular weight is 171 g/mol. The van der Waals surface area contributed by atoms with Gasteiger partial charge in [0, 0.05) is 17.3 Å². The summed E-state index contributed by atoms with van der Waals surface area (Å²) in [4.78, 5) is 0. The van der Waals surface area contributed by atoms with E-state index in [9.17, 15) is 0 Å². The number of hydrogen-bond acceptors (Lipinski definition) is 2. The molecule has 0 bridgehead atoms. The molecule has 0 unspecified atom stereocenters. The Bertz CT molecular complexity index is 403. The van der Waals surface area contributed by atoms with Crippen molar-refractivity contribution >= 4 is 6.21 Å². The van der Waals surface area contributed by atoms with E-state index >= 15 is 0 Å². The summed E-state index contributed by atoms with van der Waals surface area (Å²) >= 11 is 0. The smallest absolute Gasteiger partial charge is 0.0737 e. The minimum Gasteiger partial charge on any atom is -0.308 e. The third-order valence-electron chi connectivity index (χ3n) is 1.89. The molecule has 0 aliphatic carbocycles. The quantitative estimate of drug-likeness (QED) is 0.668. The Hall–Kier alpha value is -1.90. The van der Waals surface area contributed by atoms with Crippen LogP contribution in [0.3, 0.4) is 0 Å². The number of nitrogens with zero attached hydrogens (tertiary/aromatic N) is 1. The molecule has 64 valence electrons. The molecular formula is C10H9N3. The van der Waals surface area contributed by atoms with Crippen LogP contribution >= 0.6 is 0 Å². The van der Waals surface area contributed by atoms with Crippen molar-refractivity contribution in [3.8, 4) is 11.3 Å². The Morgan fingerprint density at radius 2 is 2.00 bits per heavy atom. The largest absolute Gasteiger partial charge is 0.308 e. The highest BCUT2D eigenvalue weighted by Gasteiger charge is 2.03. The van der Waals surface area contributed by atoms with Gasteiger partial charge in [-0.2, -0.15) is 5.10 Å². The van der Waals surface area contributed by atoms with E-state index in [-0.39, 0.29) is 0 Å². The summed E-state index contributed by atoms with van der Waals surface area (Å²) < 4.78 is 0. The first-order chi connectivity index (χ1) is 6.42. The molecule has 1 aromatic heterocycles. The lowest BCUT2D eigenvalue weighted by molar-refractivity contribution is 1.10. The molecule has 0 aliphatic rings. The number of aromatic amines is 1. The topological polar surface area (TPSA) is 52.5 Å². The molecule has 1 heterocycles. The number of nitrogens with one attached hydrogen (secondary N) is 2. The summed E-state index contributed by atoms with van der Waals surface area (Å²) in [6, 6.07) is 9.86. The molecule has 0 amide bonds. The summed E-state index contributed by atoms with van der Waals surface area (Å²) in [5, 5.41) is 13.9. The van der Waals surface area contributed by atoms with E-state index in [1.807, 2.05) is 30.3 Å². The van der Waals surface area contributed by atoms with Gasteiger partial charge in [0.25, 0.3) is 0 Å². The number of H-pyrrole nitrogens is 1. The molecule has 3 nitrogen and oxygen atoms in total. The van der Waals surface area contributed by atoms with Crippen molar-refractivity contribution in [1.29, 1.82) is 5.41 Å². The molecule has 0 saturated heterocycles. The van der Waals surface area contributed by atoms with Crippen LogP contribution in [-0.4, -0.2) is 16.4 Å². The Labute approximate surface area is 75.9 Å². The molecule has 2 N–H and O–H groups in total. The molecule has 13 heavy (non-hydrogen) atoms. The first kappa shape index (κ1) is 7.73.